The topological polar surface area (TPSA) is 52.9 Å². The number of nitrogens with one attached hydrogen (secondary N) is 1. The summed E-state index contributed by atoms with van der Waals surface area (Å²) in [6.07, 6.45) is 1.36. The van der Waals surface area contributed by atoms with E-state index in [1.165, 1.54) is 24.3 Å². The van der Waals surface area contributed by atoms with E-state index in [0.29, 0.717) is 12.1 Å². The van der Waals surface area contributed by atoms with E-state index >= 15 is 0 Å². The third-order valence-corrected chi connectivity index (χ3v) is 2.82. The highest BCUT2D eigenvalue weighted by atomic mass is 19.1. The molecule has 0 aliphatic carbocycles. The van der Waals surface area contributed by atoms with Crippen LogP contribution in [0.5, 0.6) is 0 Å². The van der Waals surface area contributed by atoms with Crippen LogP contribution in [0.25, 0.3) is 6.08 Å². The molecule has 4 heteroatoms. The summed E-state index contributed by atoms with van der Waals surface area (Å²) in [5.41, 5.74) is 1.35. The first-order valence-electron chi connectivity index (χ1n) is 6.38. The second-order valence-corrected chi connectivity index (χ2v) is 4.39. The fourth-order valence-electron chi connectivity index (χ4n) is 1.79. The number of nitriles is 1. The molecule has 104 valence electrons. The lowest BCUT2D eigenvalue weighted by atomic mass is 10.1. The van der Waals surface area contributed by atoms with Gasteiger partial charge in [0, 0.05) is 6.54 Å². The smallest absolute Gasteiger partial charge is 0.262 e. The molecule has 21 heavy (non-hydrogen) atoms. The fourth-order valence-corrected chi connectivity index (χ4v) is 1.79. The summed E-state index contributed by atoms with van der Waals surface area (Å²) >= 11 is 0. The van der Waals surface area contributed by atoms with Crippen LogP contribution in [0.15, 0.2) is 60.2 Å². The van der Waals surface area contributed by atoms with E-state index in [-0.39, 0.29) is 5.57 Å². The number of benzene rings is 2. The minimum atomic E-state index is -0.481. The van der Waals surface area contributed by atoms with Gasteiger partial charge in [-0.1, -0.05) is 42.5 Å². The van der Waals surface area contributed by atoms with Crippen molar-refractivity contribution in [3.8, 4) is 6.07 Å². The number of nitrogens with zero attached hydrogens (tertiary/aromatic N) is 1. The molecule has 0 saturated heterocycles. The molecule has 0 spiro atoms. The van der Waals surface area contributed by atoms with Crippen molar-refractivity contribution in [1.82, 2.24) is 5.32 Å². The highest BCUT2D eigenvalue weighted by Crippen LogP contribution is 2.09. The summed E-state index contributed by atoms with van der Waals surface area (Å²) in [4.78, 5) is 11.9. The zero-order chi connectivity index (χ0) is 15.1. The highest BCUT2D eigenvalue weighted by Gasteiger charge is 2.08. The first-order valence-corrected chi connectivity index (χ1v) is 6.38. The number of carbonyl (C=O) groups excluding carboxylic acids is 1. The van der Waals surface area contributed by atoms with Gasteiger partial charge in [-0.25, -0.2) is 4.39 Å². The Kier molecular flexibility index (Phi) is 4.84. The van der Waals surface area contributed by atoms with Crippen molar-refractivity contribution in [3.63, 3.8) is 0 Å². The van der Waals surface area contributed by atoms with Crippen LogP contribution < -0.4 is 5.32 Å². The Morgan fingerprint density at radius 1 is 1.19 bits per heavy atom. The Morgan fingerprint density at radius 2 is 1.95 bits per heavy atom. The van der Waals surface area contributed by atoms with Gasteiger partial charge in [0.25, 0.3) is 5.91 Å². The quantitative estimate of drug-likeness (QED) is 0.691. The molecule has 0 atom stereocenters. The molecular formula is C17H13FN2O. The maximum Gasteiger partial charge on any atom is 0.262 e. The van der Waals surface area contributed by atoms with E-state index in [9.17, 15) is 9.18 Å². The van der Waals surface area contributed by atoms with E-state index in [0.717, 1.165) is 5.56 Å². The summed E-state index contributed by atoms with van der Waals surface area (Å²) in [5, 5.41) is 11.7. The van der Waals surface area contributed by atoms with Crippen LogP contribution in [0.1, 0.15) is 11.1 Å². The van der Waals surface area contributed by atoms with Crippen molar-refractivity contribution >= 4 is 12.0 Å². The monoisotopic (exact) mass is 280 g/mol. The average Bonchev–Trinajstić information content (AvgIpc) is 2.51. The second-order valence-electron chi connectivity index (χ2n) is 4.39. The van der Waals surface area contributed by atoms with E-state index in [2.05, 4.69) is 5.32 Å². The normalized spacial score (nSPS) is 10.8. The summed E-state index contributed by atoms with van der Waals surface area (Å²) in [6, 6.07) is 16.9. The van der Waals surface area contributed by atoms with Gasteiger partial charge in [-0.3, -0.25) is 4.79 Å². The molecule has 0 bridgehead atoms. The highest BCUT2D eigenvalue weighted by molar-refractivity contribution is 6.01. The van der Waals surface area contributed by atoms with Crippen molar-refractivity contribution in [3.05, 3.63) is 77.1 Å². The molecule has 2 aromatic rings. The molecule has 0 radical (unpaired) electrons. The summed E-state index contributed by atoms with van der Waals surface area (Å²) in [5.74, 6) is -0.892. The van der Waals surface area contributed by atoms with Crippen molar-refractivity contribution < 1.29 is 9.18 Å². The largest absolute Gasteiger partial charge is 0.347 e. The Balaban J connectivity index is 2.07. The average molecular weight is 280 g/mol. The predicted octanol–water partition coefficient (Wildman–Crippen LogP) is 3.05. The van der Waals surface area contributed by atoms with Gasteiger partial charge in [0.15, 0.2) is 0 Å². The van der Waals surface area contributed by atoms with Crippen LogP contribution in [-0.4, -0.2) is 5.91 Å². The molecule has 0 aromatic heterocycles. The lowest BCUT2D eigenvalue weighted by Gasteiger charge is -2.04. The van der Waals surface area contributed by atoms with Gasteiger partial charge in [0.1, 0.15) is 17.5 Å². The molecule has 2 rings (SSSR count). The third kappa shape index (κ3) is 4.29. The first-order chi connectivity index (χ1) is 10.2. The Hall–Kier alpha value is -2.93. The van der Waals surface area contributed by atoms with Gasteiger partial charge in [-0.2, -0.15) is 5.26 Å². The molecule has 2 aromatic carbocycles. The van der Waals surface area contributed by atoms with Crippen molar-refractivity contribution in [2.24, 2.45) is 0 Å². The Morgan fingerprint density at radius 3 is 2.62 bits per heavy atom. The van der Waals surface area contributed by atoms with Crippen molar-refractivity contribution in [2.75, 3.05) is 0 Å². The van der Waals surface area contributed by atoms with E-state index < -0.39 is 11.7 Å². The number of hydrogen-bond donors (Lipinski definition) is 1. The van der Waals surface area contributed by atoms with Crippen LogP contribution in [0, 0.1) is 17.1 Å². The molecule has 1 amide bonds. The minimum absolute atomic E-state index is 0.0588. The summed E-state index contributed by atoms with van der Waals surface area (Å²) in [6.45, 7) is 0.335. The number of carbonyl (C=O) groups is 1. The standard InChI is InChI=1S/C17H13FN2O/c18-16-8-4-7-14(10-16)9-15(11-19)17(21)20-12-13-5-2-1-3-6-13/h1-10H,12H2,(H,20,21). The maximum absolute atomic E-state index is 13.1. The van der Waals surface area contributed by atoms with E-state index in [1.54, 1.807) is 6.07 Å². The van der Waals surface area contributed by atoms with Crippen LogP contribution in [0.4, 0.5) is 4.39 Å². The fraction of sp³-hybridized carbons (Fsp3) is 0.0588. The molecular weight excluding hydrogens is 267 g/mol. The molecule has 0 saturated carbocycles. The van der Waals surface area contributed by atoms with Gasteiger partial charge in [0.05, 0.1) is 0 Å². The van der Waals surface area contributed by atoms with Gasteiger partial charge in [0.2, 0.25) is 0 Å². The predicted molar refractivity (Wildman–Crippen MR) is 78.3 cm³/mol. The molecule has 0 fully saturated rings. The number of rotatable bonds is 4. The SMILES string of the molecule is N#CC(=Cc1cccc(F)c1)C(=O)NCc1ccccc1. The number of hydrogen-bond acceptors (Lipinski definition) is 2. The molecule has 0 unspecified atom stereocenters. The van der Waals surface area contributed by atoms with Crippen LogP contribution in [0.2, 0.25) is 0 Å². The van der Waals surface area contributed by atoms with E-state index in [1.807, 2.05) is 36.4 Å². The van der Waals surface area contributed by atoms with Gasteiger partial charge >= 0.3 is 0 Å². The molecule has 0 aliphatic heterocycles. The van der Waals surface area contributed by atoms with Gasteiger partial charge in [-0.05, 0) is 29.3 Å². The lowest BCUT2D eigenvalue weighted by Crippen LogP contribution is -2.23. The van der Waals surface area contributed by atoms with Crippen LogP contribution in [0.3, 0.4) is 0 Å². The Labute approximate surface area is 122 Å². The molecule has 0 heterocycles. The van der Waals surface area contributed by atoms with Crippen LogP contribution >= 0.6 is 0 Å². The summed E-state index contributed by atoms with van der Waals surface area (Å²) < 4.78 is 13.1. The minimum Gasteiger partial charge on any atom is -0.347 e. The molecule has 3 nitrogen and oxygen atoms in total. The zero-order valence-electron chi connectivity index (χ0n) is 11.2. The number of halogens is 1. The second kappa shape index (κ2) is 7.01. The lowest BCUT2D eigenvalue weighted by molar-refractivity contribution is -0.117. The van der Waals surface area contributed by atoms with Crippen LogP contribution in [-0.2, 0) is 11.3 Å². The van der Waals surface area contributed by atoms with Crippen molar-refractivity contribution in [1.29, 1.82) is 5.26 Å². The van der Waals surface area contributed by atoms with Crippen molar-refractivity contribution in [2.45, 2.75) is 6.54 Å². The Bertz CT molecular complexity index is 702. The first kappa shape index (κ1) is 14.5. The van der Waals surface area contributed by atoms with Gasteiger partial charge in [-0.15, -0.1) is 0 Å². The summed E-state index contributed by atoms with van der Waals surface area (Å²) in [7, 11) is 0. The molecule has 0 aliphatic rings. The maximum atomic E-state index is 13.1. The van der Waals surface area contributed by atoms with Gasteiger partial charge < -0.3 is 5.32 Å². The number of amides is 1. The van der Waals surface area contributed by atoms with E-state index in [4.69, 9.17) is 5.26 Å². The molecule has 1 N–H and O–H groups in total. The zero-order valence-corrected chi connectivity index (χ0v) is 11.2. The third-order valence-electron chi connectivity index (χ3n) is 2.82.